The Kier molecular flexibility index (Phi) is 6.10. The molecule has 3 rings (SSSR count). The molecule has 0 saturated carbocycles. The fourth-order valence-electron chi connectivity index (χ4n) is 2.65. The highest BCUT2D eigenvalue weighted by molar-refractivity contribution is 6.30. The summed E-state index contributed by atoms with van der Waals surface area (Å²) < 4.78 is 5.93. The Bertz CT molecular complexity index is 972. The molecular weight excluding hydrogens is 356 g/mol. The zero-order chi connectivity index (χ0) is 19.2. The van der Waals surface area contributed by atoms with Crippen molar-refractivity contribution in [1.29, 1.82) is 0 Å². The summed E-state index contributed by atoms with van der Waals surface area (Å²) in [6.45, 7) is 4.48. The number of rotatable bonds is 6. The molecule has 136 valence electrons. The molecule has 0 fully saturated rings. The molecule has 0 N–H and O–H groups in total. The molecule has 3 aromatic carbocycles. The summed E-state index contributed by atoms with van der Waals surface area (Å²) in [5.74, 6) is 0.710. The number of para-hydroxylation sites is 1. The first-order valence-corrected chi connectivity index (χ1v) is 9.16. The number of halogens is 1. The molecule has 2 nitrogen and oxygen atoms in total. The summed E-state index contributed by atoms with van der Waals surface area (Å²) in [4.78, 5) is 12.5. The Hall–Kier alpha value is -2.84. The molecule has 27 heavy (non-hydrogen) atoms. The van der Waals surface area contributed by atoms with Crippen molar-refractivity contribution in [2.75, 3.05) is 0 Å². The first kappa shape index (κ1) is 18.9. The lowest BCUT2D eigenvalue weighted by molar-refractivity contribution is 0.104. The Balaban J connectivity index is 1.73. The maximum Gasteiger partial charge on any atom is 0.185 e. The van der Waals surface area contributed by atoms with Gasteiger partial charge < -0.3 is 4.74 Å². The van der Waals surface area contributed by atoms with Gasteiger partial charge in [-0.3, -0.25) is 4.79 Å². The number of hydrogen-bond donors (Lipinski definition) is 0. The lowest BCUT2D eigenvalue weighted by Crippen LogP contribution is -1.98. The summed E-state index contributed by atoms with van der Waals surface area (Å²) in [6.07, 6.45) is 3.39. The number of allylic oxidation sites excluding steroid dienone is 1. The smallest absolute Gasteiger partial charge is 0.185 e. The van der Waals surface area contributed by atoms with Crippen LogP contribution in [0.15, 0.2) is 72.8 Å². The number of carbonyl (C=O) groups is 1. The third-order valence-electron chi connectivity index (χ3n) is 4.43. The molecule has 3 aromatic rings. The molecule has 0 bridgehead atoms. The molecule has 0 aliphatic rings. The molecular formula is C24H21ClO2. The average Bonchev–Trinajstić information content (AvgIpc) is 2.68. The van der Waals surface area contributed by atoms with Crippen LogP contribution in [0.1, 0.15) is 32.6 Å². The summed E-state index contributed by atoms with van der Waals surface area (Å²) >= 11 is 5.91. The van der Waals surface area contributed by atoms with Crippen LogP contribution < -0.4 is 4.74 Å². The topological polar surface area (TPSA) is 26.3 Å². The van der Waals surface area contributed by atoms with E-state index in [2.05, 4.69) is 0 Å². The van der Waals surface area contributed by atoms with Gasteiger partial charge >= 0.3 is 0 Å². The Morgan fingerprint density at radius 3 is 2.44 bits per heavy atom. The van der Waals surface area contributed by atoms with E-state index in [1.165, 1.54) is 5.56 Å². The highest BCUT2D eigenvalue weighted by Crippen LogP contribution is 2.22. The van der Waals surface area contributed by atoms with Crippen molar-refractivity contribution in [2.45, 2.75) is 20.5 Å². The van der Waals surface area contributed by atoms with Crippen LogP contribution in [0.2, 0.25) is 5.02 Å². The lowest BCUT2D eigenvalue weighted by atomic mass is 10.0. The van der Waals surface area contributed by atoms with Gasteiger partial charge in [0.25, 0.3) is 0 Å². The van der Waals surface area contributed by atoms with Crippen LogP contribution >= 0.6 is 11.6 Å². The summed E-state index contributed by atoms with van der Waals surface area (Å²) in [5, 5.41) is 0.701. The molecule has 0 radical (unpaired) electrons. The van der Waals surface area contributed by atoms with Gasteiger partial charge in [-0.05, 0) is 67.0 Å². The second-order valence-corrected chi connectivity index (χ2v) is 6.89. The molecule has 0 aliphatic carbocycles. The van der Waals surface area contributed by atoms with E-state index < -0.39 is 0 Å². The minimum atomic E-state index is -0.0226. The van der Waals surface area contributed by atoms with Gasteiger partial charge in [0, 0.05) is 16.1 Å². The van der Waals surface area contributed by atoms with E-state index >= 15 is 0 Å². The van der Waals surface area contributed by atoms with E-state index in [1.54, 1.807) is 12.2 Å². The van der Waals surface area contributed by atoms with E-state index in [0.717, 1.165) is 22.4 Å². The van der Waals surface area contributed by atoms with E-state index in [4.69, 9.17) is 16.3 Å². The maximum absolute atomic E-state index is 12.5. The molecule has 0 aliphatic heterocycles. The van der Waals surface area contributed by atoms with Crippen molar-refractivity contribution < 1.29 is 9.53 Å². The van der Waals surface area contributed by atoms with E-state index in [9.17, 15) is 4.79 Å². The number of hydrogen-bond acceptors (Lipinski definition) is 2. The molecule has 0 aromatic heterocycles. The van der Waals surface area contributed by atoms with E-state index in [0.29, 0.717) is 17.2 Å². The van der Waals surface area contributed by atoms with Crippen molar-refractivity contribution in [3.05, 3.63) is 106 Å². The fourth-order valence-corrected chi connectivity index (χ4v) is 2.77. The number of carbonyl (C=O) groups excluding carboxylic acids is 1. The van der Waals surface area contributed by atoms with Crippen LogP contribution in [-0.2, 0) is 6.61 Å². The predicted octanol–water partition coefficient (Wildman–Crippen LogP) is 6.43. The molecule has 0 unspecified atom stereocenters. The standard InChI is InChI=1S/C24H21ClO2/c1-17-7-10-21(15-18(17)2)23(26)14-11-20-5-3-4-6-24(20)27-16-19-8-12-22(25)13-9-19/h3-15H,16H2,1-2H3. The first-order valence-electron chi connectivity index (χ1n) is 8.79. The van der Waals surface area contributed by atoms with E-state index in [1.807, 2.05) is 80.6 Å². The third kappa shape index (κ3) is 5.08. The van der Waals surface area contributed by atoms with Gasteiger partial charge in [-0.1, -0.05) is 54.1 Å². The molecule has 0 amide bonds. The van der Waals surface area contributed by atoms with Gasteiger partial charge in [-0.2, -0.15) is 0 Å². The normalized spacial score (nSPS) is 10.9. The number of ketones is 1. The summed E-state index contributed by atoms with van der Waals surface area (Å²) in [5.41, 5.74) is 4.87. The Labute approximate surface area is 165 Å². The molecule has 0 spiro atoms. The van der Waals surface area contributed by atoms with Crippen LogP contribution in [-0.4, -0.2) is 5.78 Å². The largest absolute Gasteiger partial charge is 0.488 e. The van der Waals surface area contributed by atoms with Gasteiger partial charge in [0.2, 0.25) is 0 Å². The SMILES string of the molecule is Cc1ccc(C(=O)C=Cc2ccccc2OCc2ccc(Cl)cc2)cc1C. The van der Waals surface area contributed by atoms with Crippen molar-refractivity contribution in [3.8, 4) is 5.75 Å². The number of ether oxygens (including phenoxy) is 1. The zero-order valence-corrected chi connectivity index (χ0v) is 16.2. The van der Waals surface area contributed by atoms with Crippen LogP contribution in [0.4, 0.5) is 0 Å². The second-order valence-electron chi connectivity index (χ2n) is 6.45. The Morgan fingerprint density at radius 2 is 1.70 bits per heavy atom. The van der Waals surface area contributed by atoms with Crippen LogP contribution in [0, 0.1) is 13.8 Å². The van der Waals surface area contributed by atoms with Crippen LogP contribution in [0.25, 0.3) is 6.08 Å². The minimum Gasteiger partial charge on any atom is -0.488 e. The zero-order valence-electron chi connectivity index (χ0n) is 15.4. The number of aryl methyl sites for hydroxylation is 2. The first-order chi connectivity index (χ1) is 13.0. The van der Waals surface area contributed by atoms with Gasteiger partial charge in [-0.15, -0.1) is 0 Å². The summed E-state index contributed by atoms with van der Waals surface area (Å²) in [7, 11) is 0. The van der Waals surface area contributed by atoms with Gasteiger partial charge in [0.05, 0.1) is 0 Å². The van der Waals surface area contributed by atoms with E-state index in [-0.39, 0.29) is 5.78 Å². The summed E-state index contributed by atoms with van der Waals surface area (Å²) in [6, 6.07) is 21.0. The molecule has 0 saturated heterocycles. The monoisotopic (exact) mass is 376 g/mol. The highest BCUT2D eigenvalue weighted by atomic mass is 35.5. The Morgan fingerprint density at radius 1 is 0.963 bits per heavy atom. The molecule has 0 atom stereocenters. The van der Waals surface area contributed by atoms with Gasteiger partial charge in [-0.25, -0.2) is 0 Å². The van der Waals surface area contributed by atoms with Crippen LogP contribution in [0.3, 0.4) is 0 Å². The lowest BCUT2D eigenvalue weighted by Gasteiger charge is -2.09. The highest BCUT2D eigenvalue weighted by Gasteiger charge is 2.05. The van der Waals surface area contributed by atoms with Crippen LogP contribution in [0.5, 0.6) is 5.75 Å². The number of benzene rings is 3. The second kappa shape index (κ2) is 8.70. The third-order valence-corrected chi connectivity index (χ3v) is 4.68. The maximum atomic E-state index is 12.5. The van der Waals surface area contributed by atoms with Crippen molar-refractivity contribution in [2.24, 2.45) is 0 Å². The van der Waals surface area contributed by atoms with Gasteiger partial charge in [0.1, 0.15) is 12.4 Å². The molecule has 3 heteroatoms. The predicted molar refractivity (Wildman–Crippen MR) is 112 cm³/mol. The minimum absolute atomic E-state index is 0.0226. The van der Waals surface area contributed by atoms with Crippen molar-refractivity contribution in [1.82, 2.24) is 0 Å². The fraction of sp³-hybridized carbons (Fsp3) is 0.125. The molecule has 0 heterocycles. The quantitative estimate of drug-likeness (QED) is 0.366. The van der Waals surface area contributed by atoms with Gasteiger partial charge in [0.15, 0.2) is 5.78 Å². The average molecular weight is 377 g/mol. The van der Waals surface area contributed by atoms with Crippen molar-refractivity contribution >= 4 is 23.5 Å². The van der Waals surface area contributed by atoms with Crippen molar-refractivity contribution in [3.63, 3.8) is 0 Å².